The van der Waals surface area contributed by atoms with Gasteiger partial charge in [0.05, 0.1) is 19.8 Å². The molecule has 0 radical (unpaired) electrons. The number of nitrogens with zero attached hydrogens (tertiary/aromatic N) is 2. The van der Waals surface area contributed by atoms with Crippen LogP contribution in [0, 0.1) is 0 Å². The SMILES string of the molecule is O=C1N[C@H](COCc2ccccc2)C(=O)N2CCN(C(=O)CO)C[C@@H]12. The third-order valence-corrected chi connectivity index (χ3v) is 4.46. The Bertz CT molecular complexity index is 651. The fourth-order valence-corrected chi connectivity index (χ4v) is 3.11. The quantitative estimate of drug-likeness (QED) is 0.692. The van der Waals surface area contributed by atoms with Crippen molar-refractivity contribution in [3.05, 3.63) is 35.9 Å². The number of amides is 3. The number of aliphatic hydroxyl groups excluding tert-OH is 1. The Hall–Kier alpha value is -2.45. The van der Waals surface area contributed by atoms with E-state index in [1.54, 1.807) is 0 Å². The van der Waals surface area contributed by atoms with E-state index in [4.69, 9.17) is 9.84 Å². The first kappa shape index (κ1) is 17.4. The standard InChI is InChI=1S/C17H21N3O5/c21-9-15(22)19-6-7-20-14(8-19)16(23)18-13(17(20)24)11-25-10-12-4-2-1-3-5-12/h1-5,13-14,21H,6-11H2,(H,18,23)/t13-,14+/m1/s1. The van der Waals surface area contributed by atoms with Crippen molar-refractivity contribution < 1.29 is 24.2 Å². The normalized spacial score (nSPS) is 23.2. The van der Waals surface area contributed by atoms with E-state index in [9.17, 15) is 14.4 Å². The molecule has 2 aliphatic heterocycles. The number of aliphatic hydroxyl groups is 1. The summed E-state index contributed by atoms with van der Waals surface area (Å²) < 4.78 is 5.57. The molecule has 8 nitrogen and oxygen atoms in total. The van der Waals surface area contributed by atoms with Crippen LogP contribution in [0.3, 0.4) is 0 Å². The molecular formula is C17H21N3O5. The highest BCUT2D eigenvalue weighted by Gasteiger charge is 2.44. The number of hydrogen-bond acceptors (Lipinski definition) is 5. The van der Waals surface area contributed by atoms with E-state index in [-0.39, 0.29) is 31.5 Å². The van der Waals surface area contributed by atoms with E-state index < -0.39 is 24.6 Å². The van der Waals surface area contributed by atoms with E-state index in [0.29, 0.717) is 13.2 Å². The van der Waals surface area contributed by atoms with Crippen molar-refractivity contribution >= 4 is 17.7 Å². The van der Waals surface area contributed by atoms with Gasteiger partial charge in [0.2, 0.25) is 17.7 Å². The van der Waals surface area contributed by atoms with Crippen LogP contribution in [0.4, 0.5) is 0 Å². The maximum atomic E-state index is 12.6. The number of fused-ring (bicyclic) bond motifs is 1. The molecule has 2 fully saturated rings. The number of hydrogen-bond donors (Lipinski definition) is 2. The number of benzene rings is 1. The topological polar surface area (TPSA) is 99.2 Å². The number of carbonyl (C=O) groups is 3. The summed E-state index contributed by atoms with van der Waals surface area (Å²) in [5.74, 6) is -0.940. The van der Waals surface area contributed by atoms with Gasteiger partial charge in [0.1, 0.15) is 18.7 Å². The zero-order valence-corrected chi connectivity index (χ0v) is 13.8. The van der Waals surface area contributed by atoms with Gasteiger partial charge >= 0.3 is 0 Å². The first-order valence-corrected chi connectivity index (χ1v) is 8.21. The van der Waals surface area contributed by atoms with Gasteiger partial charge in [-0.1, -0.05) is 30.3 Å². The maximum absolute atomic E-state index is 12.6. The van der Waals surface area contributed by atoms with Crippen molar-refractivity contribution in [2.75, 3.05) is 32.8 Å². The summed E-state index contributed by atoms with van der Waals surface area (Å²) >= 11 is 0. The van der Waals surface area contributed by atoms with Crippen LogP contribution in [-0.2, 0) is 25.7 Å². The molecule has 2 atom stereocenters. The summed E-state index contributed by atoms with van der Waals surface area (Å²) in [4.78, 5) is 39.4. The Labute approximate surface area is 145 Å². The summed E-state index contributed by atoms with van der Waals surface area (Å²) in [7, 11) is 0. The molecule has 0 aromatic heterocycles. The fraction of sp³-hybridized carbons (Fsp3) is 0.471. The molecule has 2 heterocycles. The molecule has 0 aliphatic carbocycles. The van der Waals surface area contributed by atoms with Gasteiger partial charge in [-0.15, -0.1) is 0 Å². The molecule has 25 heavy (non-hydrogen) atoms. The lowest BCUT2D eigenvalue weighted by molar-refractivity contribution is -0.158. The third kappa shape index (κ3) is 3.80. The lowest BCUT2D eigenvalue weighted by atomic mass is 10.0. The minimum atomic E-state index is -0.715. The van der Waals surface area contributed by atoms with Gasteiger partial charge < -0.3 is 25.0 Å². The van der Waals surface area contributed by atoms with E-state index in [2.05, 4.69) is 5.32 Å². The smallest absolute Gasteiger partial charge is 0.248 e. The highest BCUT2D eigenvalue weighted by Crippen LogP contribution is 2.17. The molecule has 8 heteroatoms. The summed E-state index contributed by atoms with van der Waals surface area (Å²) in [6, 6.07) is 8.15. The van der Waals surface area contributed by atoms with Crippen LogP contribution in [0.1, 0.15) is 5.56 Å². The Morgan fingerprint density at radius 1 is 1.24 bits per heavy atom. The second-order valence-electron chi connectivity index (χ2n) is 6.11. The Balaban J connectivity index is 1.56. The molecule has 3 amide bonds. The molecule has 3 rings (SSSR count). The van der Waals surface area contributed by atoms with Gasteiger partial charge in [-0.3, -0.25) is 14.4 Å². The summed E-state index contributed by atoms with van der Waals surface area (Å²) in [6.45, 7) is 0.557. The third-order valence-electron chi connectivity index (χ3n) is 4.46. The minimum absolute atomic E-state index is 0.0992. The first-order chi connectivity index (χ1) is 12.1. The number of ether oxygens (including phenoxy) is 1. The van der Waals surface area contributed by atoms with Crippen LogP contribution in [-0.4, -0.2) is 77.6 Å². The van der Waals surface area contributed by atoms with E-state index in [0.717, 1.165) is 5.56 Å². The average Bonchev–Trinajstić information content (AvgIpc) is 2.65. The first-order valence-electron chi connectivity index (χ1n) is 8.21. The predicted octanol–water partition coefficient (Wildman–Crippen LogP) is -1.27. The van der Waals surface area contributed by atoms with Gasteiger partial charge in [0, 0.05) is 13.1 Å². The van der Waals surface area contributed by atoms with Crippen molar-refractivity contribution in [1.29, 1.82) is 0 Å². The lowest BCUT2D eigenvalue weighted by Gasteiger charge is -2.45. The molecule has 2 aliphatic rings. The van der Waals surface area contributed by atoms with Crippen molar-refractivity contribution in [1.82, 2.24) is 15.1 Å². The van der Waals surface area contributed by atoms with Gasteiger partial charge in [-0.2, -0.15) is 0 Å². The zero-order valence-electron chi connectivity index (χ0n) is 13.8. The van der Waals surface area contributed by atoms with Gasteiger partial charge in [-0.25, -0.2) is 0 Å². The number of nitrogens with one attached hydrogen (secondary N) is 1. The number of piperazine rings is 2. The Morgan fingerprint density at radius 3 is 2.72 bits per heavy atom. The summed E-state index contributed by atoms with van der Waals surface area (Å²) in [6.07, 6.45) is 0. The zero-order chi connectivity index (χ0) is 17.8. The van der Waals surface area contributed by atoms with Gasteiger partial charge in [0.15, 0.2) is 0 Å². The fourth-order valence-electron chi connectivity index (χ4n) is 3.11. The molecule has 1 aromatic carbocycles. The highest BCUT2D eigenvalue weighted by atomic mass is 16.5. The molecule has 0 unspecified atom stereocenters. The highest BCUT2D eigenvalue weighted by molar-refractivity contribution is 5.97. The van der Waals surface area contributed by atoms with Crippen molar-refractivity contribution in [2.24, 2.45) is 0 Å². The number of rotatable bonds is 5. The van der Waals surface area contributed by atoms with Crippen LogP contribution >= 0.6 is 0 Å². The largest absolute Gasteiger partial charge is 0.387 e. The molecular weight excluding hydrogens is 326 g/mol. The summed E-state index contributed by atoms with van der Waals surface area (Å²) in [5, 5.41) is 11.6. The van der Waals surface area contributed by atoms with Crippen LogP contribution in [0.15, 0.2) is 30.3 Å². The van der Waals surface area contributed by atoms with E-state index in [1.165, 1.54) is 9.80 Å². The number of carbonyl (C=O) groups excluding carboxylic acids is 3. The monoisotopic (exact) mass is 347 g/mol. The maximum Gasteiger partial charge on any atom is 0.248 e. The molecule has 2 saturated heterocycles. The van der Waals surface area contributed by atoms with Crippen LogP contribution in [0.5, 0.6) is 0 Å². The molecule has 0 bridgehead atoms. The van der Waals surface area contributed by atoms with Crippen LogP contribution in [0.25, 0.3) is 0 Å². The lowest BCUT2D eigenvalue weighted by Crippen LogP contribution is -2.70. The molecule has 0 spiro atoms. The van der Waals surface area contributed by atoms with Crippen molar-refractivity contribution in [3.8, 4) is 0 Å². The van der Waals surface area contributed by atoms with Crippen LogP contribution < -0.4 is 5.32 Å². The molecule has 2 N–H and O–H groups in total. The predicted molar refractivity (Wildman–Crippen MR) is 87.2 cm³/mol. The molecule has 1 aromatic rings. The minimum Gasteiger partial charge on any atom is -0.387 e. The van der Waals surface area contributed by atoms with Crippen molar-refractivity contribution in [3.63, 3.8) is 0 Å². The van der Waals surface area contributed by atoms with Gasteiger partial charge in [-0.05, 0) is 5.56 Å². The van der Waals surface area contributed by atoms with E-state index in [1.807, 2.05) is 30.3 Å². The second-order valence-corrected chi connectivity index (χ2v) is 6.11. The second kappa shape index (κ2) is 7.62. The van der Waals surface area contributed by atoms with Crippen molar-refractivity contribution in [2.45, 2.75) is 18.7 Å². The van der Waals surface area contributed by atoms with E-state index >= 15 is 0 Å². The summed E-state index contributed by atoms with van der Waals surface area (Å²) in [5.41, 5.74) is 0.992. The average molecular weight is 347 g/mol. The molecule has 0 saturated carbocycles. The van der Waals surface area contributed by atoms with Gasteiger partial charge in [0.25, 0.3) is 0 Å². The molecule has 134 valence electrons. The Morgan fingerprint density at radius 2 is 2.00 bits per heavy atom. The Kier molecular flexibility index (Phi) is 5.30. The van der Waals surface area contributed by atoms with Crippen LogP contribution in [0.2, 0.25) is 0 Å².